The lowest BCUT2D eigenvalue weighted by atomic mass is 10.2. The van der Waals surface area contributed by atoms with Crippen LogP contribution >= 0.6 is 22.6 Å². The van der Waals surface area contributed by atoms with Crippen molar-refractivity contribution in [1.29, 1.82) is 5.26 Å². The Labute approximate surface area is 122 Å². The zero-order valence-electron chi connectivity index (χ0n) is 9.61. The minimum atomic E-state index is -0.381. The van der Waals surface area contributed by atoms with Crippen LogP contribution in [0.15, 0.2) is 41.2 Å². The number of halogens is 1. The Bertz CT molecular complexity index is 717. The monoisotopic (exact) mass is 365 g/mol. The number of carbonyl (C=O) groups is 1. The quantitative estimate of drug-likeness (QED) is 0.800. The van der Waals surface area contributed by atoms with Gasteiger partial charge in [0.2, 0.25) is 0 Å². The standard InChI is InChI=1S/C13H8IN3O2/c14-10-6-9(7-15)11(17-13(10)19)16-12(18)8-4-2-1-3-5-8/h1-6H,(H2,16,17,18,19). The Hall–Kier alpha value is -2.14. The largest absolute Gasteiger partial charge is 0.307 e. The molecule has 2 aromatic rings. The van der Waals surface area contributed by atoms with Crippen molar-refractivity contribution in [3.63, 3.8) is 0 Å². The van der Waals surface area contributed by atoms with Crippen LogP contribution in [0.4, 0.5) is 5.82 Å². The molecule has 2 N–H and O–H groups in total. The van der Waals surface area contributed by atoms with Crippen LogP contribution in [0, 0.1) is 14.9 Å². The van der Waals surface area contributed by atoms with E-state index >= 15 is 0 Å². The maximum Gasteiger partial charge on any atom is 0.263 e. The second kappa shape index (κ2) is 5.67. The molecule has 1 heterocycles. The molecule has 0 bridgehead atoms. The molecule has 0 aliphatic heterocycles. The van der Waals surface area contributed by atoms with Gasteiger partial charge in [-0.05, 0) is 40.8 Å². The zero-order chi connectivity index (χ0) is 13.8. The molecule has 0 radical (unpaired) electrons. The van der Waals surface area contributed by atoms with E-state index in [0.717, 1.165) is 0 Å². The van der Waals surface area contributed by atoms with Crippen molar-refractivity contribution in [1.82, 2.24) is 4.98 Å². The average Bonchev–Trinajstić information content (AvgIpc) is 2.43. The topological polar surface area (TPSA) is 85.8 Å². The van der Waals surface area contributed by atoms with Crippen LogP contribution in [0.2, 0.25) is 0 Å². The number of nitriles is 1. The number of nitrogens with one attached hydrogen (secondary N) is 2. The fourth-order valence-corrected chi connectivity index (χ4v) is 1.91. The summed E-state index contributed by atoms with van der Waals surface area (Å²) in [6.07, 6.45) is 0. The minimum Gasteiger partial charge on any atom is -0.307 e. The molecule has 6 heteroatoms. The van der Waals surface area contributed by atoms with Crippen LogP contribution in [-0.2, 0) is 0 Å². The summed E-state index contributed by atoms with van der Waals surface area (Å²) in [6.45, 7) is 0. The van der Waals surface area contributed by atoms with Gasteiger partial charge < -0.3 is 10.3 Å². The molecular weight excluding hydrogens is 357 g/mol. The number of aromatic nitrogens is 1. The number of amides is 1. The van der Waals surface area contributed by atoms with Gasteiger partial charge in [-0.1, -0.05) is 18.2 Å². The van der Waals surface area contributed by atoms with Gasteiger partial charge in [0.05, 0.1) is 9.13 Å². The fraction of sp³-hybridized carbons (Fsp3) is 0. The Morgan fingerprint density at radius 1 is 1.32 bits per heavy atom. The first-order valence-electron chi connectivity index (χ1n) is 5.31. The number of pyridine rings is 1. The van der Waals surface area contributed by atoms with Crippen molar-refractivity contribution in [3.05, 3.63) is 61.4 Å². The Morgan fingerprint density at radius 2 is 2.00 bits per heavy atom. The van der Waals surface area contributed by atoms with Gasteiger partial charge in [-0.3, -0.25) is 9.59 Å². The van der Waals surface area contributed by atoms with Crippen molar-refractivity contribution in [2.45, 2.75) is 0 Å². The summed E-state index contributed by atoms with van der Waals surface area (Å²) in [6, 6.07) is 11.9. The van der Waals surface area contributed by atoms with Gasteiger partial charge in [0.1, 0.15) is 11.9 Å². The summed E-state index contributed by atoms with van der Waals surface area (Å²) < 4.78 is 0.395. The van der Waals surface area contributed by atoms with E-state index in [9.17, 15) is 9.59 Å². The number of nitrogens with zero attached hydrogens (tertiary/aromatic N) is 1. The van der Waals surface area contributed by atoms with Gasteiger partial charge in [-0.15, -0.1) is 0 Å². The predicted molar refractivity (Wildman–Crippen MR) is 78.9 cm³/mol. The predicted octanol–water partition coefficient (Wildman–Crippen LogP) is 2.10. The van der Waals surface area contributed by atoms with Crippen molar-refractivity contribution >= 4 is 34.3 Å². The SMILES string of the molecule is N#Cc1cc(I)c(=O)[nH]c1NC(=O)c1ccccc1. The highest BCUT2D eigenvalue weighted by atomic mass is 127. The summed E-state index contributed by atoms with van der Waals surface area (Å²) in [7, 11) is 0. The number of H-pyrrole nitrogens is 1. The van der Waals surface area contributed by atoms with Crippen LogP contribution in [0.1, 0.15) is 15.9 Å². The van der Waals surface area contributed by atoms with E-state index in [-0.39, 0.29) is 22.8 Å². The third-order valence-electron chi connectivity index (χ3n) is 2.39. The van der Waals surface area contributed by atoms with Gasteiger partial charge >= 0.3 is 0 Å². The summed E-state index contributed by atoms with van der Waals surface area (Å²) >= 11 is 1.83. The molecule has 0 saturated carbocycles. The first kappa shape index (κ1) is 13.3. The van der Waals surface area contributed by atoms with E-state index < -0.39 is 0 Å². The molecular formula is C13H8IN3O2. The number of hydrogen-bond donors (Lipinski definition) is 2. The molecule has 94 valence electrons. The molecule has 1 aromatic heterocycles. The zero-order valence-corrected chi connectivity index (χ0v) is 11.8. The van der Waals surface area contributed by atoms with Crippen LogP contribution in [0.3, 0.4) is 0 Å². The number of hydrogen-bond acceptors (Lipinski definition) is 3. The van der Waals surface area contributed by atoms with E-state index in [0.29, 0.717) is 9.13 Å². The summed E-state index contributed by atoms with van der Waals surface area (Å²) in [5.41, 5.74) is 0.321. The molecule has 2 rings (SSSR count). The number of carbonyl (C=O) groups excluding carboxylic acids is 1. The molecule has 0 saturated heterocycles. The molecule has 0 unspecified atom stereocenters. The third-order valence-corrected chi connectivity index (χ3v) is 3.19. The lowest BCUT2D eigenvalue weighted by molar-refractivity contribution is 0.102. The lowest BCUT2D eigenvalue weighted by Crippen LogP contribution is -2.19. The molecule has 0 aliphatic carbocycles. The molecule has 1 amide bonds. The van der Waals surface area contributed by atoms with Crippen LogP contribution in [-0.4, -0.2) is 10.9 Å². The number of benzene rings is 1. The summed E-state index contributed by atoms with van der Waals surface area (Å²) in [5.74, 6) is -0.268. The van der Waals surface area contributed by atoms with Crippen molar-refractivity contribution in [3.8, 4) is 6.07 Å². The third kappa shape index (κ3) is 3.00. The van der Waals surface area contributed by atoms with E-state index in [1.165, 1.54) is 6.07 Å². The average molecular weight is 365 g/mol. The first-order chi connectivity index (χ1) is 9.11. The molecule has 1 aromatic carbocycles. The van der Waals surface area contributed by atoms with Crippen molar-refractivity contribution < 1.29 is 4.79 Å². The summed E-state index contributed by atoms with van der Waals surface area (Å²) in [4.78, 5) is 25.9. The fourth-order valence-electron chi connectivity index (χ4n) is 1.47. The molecule has 19 heavy (non-hydrogen) atoms. The highest BCUT2D eigenvalue weighted by molar-refractivity contribution is 14.1. The van der Waals surface area contributed by atoms with Crippen LogP contribution in [0.25, 0.3) is 0 Å². The van der Waals surface area contributed by atoms with Gasteiger partial charge in [-0.2, -0.15) is 5.26 Å². The van der Waals surface area contributed by atoms with E-state index in [4.69, 9.17) is 5.26 Å². The van der Waals surface area contributed by atoms with Gasteiger partial charge in [0.15, 0.2) is 0 Å². The minimum absolute atomic E-state index is 0.113. The highest BCUT2D eigenvalue weighted by Crippen LogP contribution is 2.13. The number of rotatable bonds is 2. The van der Waals surface area contributed by atoms with Gasteiger partial charge in [0, 0.05) is 5.56 Å². The van der Waals surface area contributed by atoms with Crippen LogP contribution in [0.5, 0.6) is 0 Å². The Morgan fingerprint density at radius 3 is 2.63 bits per heavy atom. The van der Waals surface area contributed by atoms with E-state index in [1.54, 1.807) is 30.3 Å². The smallest absolute Gasteiger partial charge is 0.263 e. The maximum atomic E-state index is 11.9. The van der Waals surface area contributed by atoms with Crippen molar-refractivity contribution in [2.75, 3.05) is 5.32 Å². The lowest BCUT2D eigenvalue weighted by Gasteiger charge is -2.06. The van der Waals surface area contributed by atoms with Crippen LogP contribution < -0.4 is 10.9 Å². The van der Waals surface area contributed by atoms with Gasteiger partial charge in [-0.25, -0.2) is 0 Å². The van der Waals surface area contributed by atoms with E-state index in [2.05, 4.69) is 10.3 Å². The Kier molecular flexibility index (Phi) is 3.97. The summed E-state index contributed by atoms with van der Waals surface area (Å²) in [5, 5.41) is 11.5. The highest BCUT2D eigenvalue weighted by Gasteiger charge is 2.11. The normalized spacial score (nSPS) is 9.68. The second-order valence-corrected chi connectivity index (χ2v) is 4.83. The first-order valence-corrected chi connectivity index (χ1v) is 6.39. The molecule has 0 atom stereocenters. The molecule has 0 spiro atoms. The molecule has 0 aliphatic rings. The molecule has 0 fully saturated rings. The van der Waals surface area contributed by atoms with Gasteiger partial charge in [0.25, 0.3) is 11.5 Å². The van der Waals surface area contributed by atoms with Crippen molar-refractivity contribution in [2.24, 2.45) is 0 Å². The number of aromatic amines is 1. The maximum absolute atomic E-state index is 11.9. The second-order valence-electron chi connectivity index (χ2n) is 3.67. The molecule has 5 nitrogen and oxygen atoms in total. The Balaban J connectivity index is 2.35. The number of anilines is 1. The van der Waals surface area contributed by atoms with E-state index in [1.807, 2.05) is 28.7 Å².